The molecule has 0 saturated carbocycles. The number of aromatic nitrogens is 3. The molecule has 0 atom stereocenters. The fourth-order valence-corrected chi connectivity index (χ4v) is 2.09. The predicted molar refractivity (Wildman–Crippen MR) is 92.5 cm³/mol. The van der Waals surface area contributed by atoms with Crippen LogP contribution in [0, 0.1) is 6.92 Å². The lowest BCUT2D eigenvalue weighted by atomic mass is 10.1. The van der Waals surface area contributed by atoms with Crippen LogP contribution < -0.4 is 16.4 Å². The molecular weight excluding hydrogens is 288 g/mol. The Morgan fingerprint density at radius 2 is 1.74 bits per heavy atom. The Labute approximate surface area is 134 Å². The molecule has 0 spiro atoms. The monoisotopic (exact) mass is 306 g/mol. The lowest BCUT2D eigenvalue weighted by Gasteiger charge is -2.12. The molecule has 6 heteroatoms. The van der Waals surface area contributed by atoms with Crippen molar-refractivity contribution in [1.29, 1.82) is 0 Å². The van der Waals surface area contributed by atoms with E-state index in [1.807, 2.05) is 18.2 Å². The minimum absolute atomic E-state index is 0.463. The quantitative estimate of drug-likeness (QED) is 0.671. The van der Waals surface area contributed by atoms with E-state index >= 15 is 0 Å². The maximum Gasteiger partial charge on any atom is 0.160 e. The van der Waals surface area contributed by atoms with E-state index in [-0.39, 0.29) is 0 Å². The molecular formula is C17H18N6. The second kappa shape index (κ2) is 6.74. The van der Waals surface area contributed by atoms with Gasteiger partial charge in [-0.2, -0.15) is 0 Å². The van der Waals surface area contributed by atoms with Crippen molar-refractivity contribution in [3.05, 3.63) is 66.1 Å². The summed E-state index contributed by atoms with van der Waals surface area (Å²) >= 11 is 0. The molecule has 3 aromatic rings. The summed E-state index contributed by atoms with van der Waals surface area (Å²) in [5, 5.41) is 6.33. The van der Waals surface area contributed by atoms with Crippen molar-refractivity contribution in [2.75, 3.05) is 16.4 Å². The Morgan fingerprint density at radius 3 is 2.48 bits per heavy atom. The number of nitrogens with one attached hydrogen (secondary N) is 2. The number of rotatable bonds is 5. The van der Waals surface area contributed by atoms with Gasteiger partial charge in [-0.25, -0.2) is 15.0 Å². The van der Waals surface area contributed by atoms with Crippen molar-refractivity contribution in [3.63, 3.8) is 0 Å². The zero-order valence-electron chi connectivity index (χ0n) is 12.8. The highest BCUT2D eigenvalue weighted by atomic mass is 15.1. The molecule has 2 heterocycles. The van der Waals surface area contributed by atoms with Crippen LogP contribution in [0.5, 0.6) is 0 Å². The van der Waals surface area contributed by atoms with Crippen molar-refractivity contribution in [2.24, 2.45) is 0 Å². The molecule has 0 bridgehead atoms. The van der Waals surface area contributed by atoms with Crippen molar-refractivity contribution in [2.45, 2.75) is 13.5 Å². The van der Waals surface area contributed by atoms with Crippen LogP contribution in [-0.4, -0.2) is 15.0 Å². The number of benzene rings is 1. The predicted octanol–water partition coefficient (Wildman–Crippen LogP) is 3.12. The maximum atomic E-state index is 6.14. The van der Waals surface area contributed by atoms with Crippen LogP contribution in [0.3, 0.4) is 0 Å². The van der Waals surface area contributed by atoms with Gasteiger partial charge in [-0.05, 0) is 24.6 Å². The van der Waals surface area contributed by atoms with Crippen molar-refractivity contribution in [3.8, 4) is 0 Å². The number of nitrogens with zero attached hydrogens (tertiary/aromatic N) is 3. The van der Waals surface area contributed by atoms with Gasteiger partial charge >= 0.3 is 0 Å². The molecule has 0 aliphatic rings. The van der Waals surface area contributed by atoms with E-state index in [4.69, 9.17) is 5.73 Å². The molecule has 3 rings (SSSR count). The maximum absolute atomic E-state index is 6.14. The van der Waals surface area contributed by atoms with Crippen LogP contribution >= 0.6 is 0 Å². The van der Waals surface area contributed by atoms with Crippen LogP contribution in [-0.2, 0) is 6.54 Å². The lowest BCUT2D eigenvalue weighted by molar-refractivity contribution is 1.08. The summed E-state index contributed by atoms with van der Waals surface area (Å²) < 4.78 is 0. The summed E-state index contributed by atoms with van der Waals surface area (Å²) in [4.78, 5) is 12.6. The summed E-state index contributed by atoms with van der Waals surface area (Å²) in [6.07, 6.45) is 3.18. The third kappa shape index (κ3) is 3.74. The Kier molecular flexibility index (Phi) is 4.33. The average Bonchev–Trinajstić information content (AvgIpc) is 2.58. The molecule has 0 fully saturated rings. The summed E-state index contributed by atoms with van der Waals surface area (Å²) in [6.45, 7) is 2.71. The van der Waals surface area contributed by atoms with Gasteiger partial charge in [0.25, 0.3) is 0 Å². The number of anilines is 4. The third-order valence-electron chi connectivity index (χ3n) is 3.38. The van der Waals surface area contributed by atoms with E-state index in [9.17, 15) is 0 Å². The molecule has 2 aromatic heterocycles. The Balaban J connectivity index is 1.73. The number of hydrogen-bond donors (Lipinski definition) is 3. The first-order valence-corrected chi connectivity index (χ1v) is 7.30. The van der Waals surface area contributed by atoms with E-state index < -0.39 is 0 Å². The summed E-state index contributed by atoms with van der Waals surface area (Å²) in [5.41, 5.74) is 9.00. The van der Waals surface area contributed by atoms with Crippen LogP contribution in [0.4, 0.5) is 23.1 Å². The lowest BCUT2D eigenvalue weighted by Crippen LogP contribution is -2.08. The number of nitrogens with two attached hydrogens (primary N) is 1. The number of aryl methyl sites for hydroxylation is 1. The van der Waals surface area contributed by atoms with Gasteiger partial charge in [0.2, 0.25) is 0 Å². The Hall–Kier alpha value is -3.15. The van der Waals surface area contributed by atoms with E-state index in [1.165, 1.54) is 11.9 Å². The van der Waals surface area contributed by atoms with Gasteiger partial charge in [0.05, 0.1) is 0 Å². The van der Waals surface area contributed by atoms with Gasteiger partial charge in [-0.15, -0.1) is 0 Å². The van der Waals surface area contributed by atoms with Crippen LogP contribution in [0.15, 0.2) is 55.0 Å². The van der Waals surface area contributed by atoms with Gasteiger partial charge < -0.3 is 16.4 Å². The van der Waals surface area contributed by atoms with Crippen LogP contribution in [0.25, 0.3) is 0 Å². The van der Waals surface area contributed by atoms with Gasteiger partial charge in [0.15, 0.2) is 11.6 Å². The SMILES string of the molecule is Cc1ccc(CNc2ncnc(Nc3ccccn3)c2N)cc1. The molecule has 116 valence electrons. The largest absolute Gasteiger partial charge is 0.393 e. The van der Waals surface area contributed by atoms with Crippen LogP contribution in [0.2, 0.25) is 0 Å². The molecule has 0 aliphatic heterocycles. The standard InChI is InChI=1S/C17H18N6/c1-12-5-7-13(8-6-12)10-20-16-15(18)17(22-11-21-16)23-14-4-2-3-9-19-14/h2-9,11H,10,18H2,1H3,(H2,19,20,21,22,23). The highest BCUT2D eigenvalue weighted by molar-refractivity contribution is 5.76. The van der Waals surface area contributed by atoms with Gasteiger partial charge in [-0.3, -0.25) is 0 Å². The fraction of sp³-hybridized carbons (Fsp3) is 0.118. The smallest absolute Gasteiger partial charge is 0.160 e. The topological polar surface area (TPSA) is 88.8 Å². The normalized spacial score (nSPS) is 10.3. The first-order valence-electron chi connectivity index (χ1n) is 7.30. The van der Waals surface area contributed by atoms with Crippen molar-refractivity contribution >= 4 is 23.1 Å². The van der Waals surface area contributed by atoms with Gasteiger partial charge in [0, 0.05) is 12.7 Å². The van der Waals surface area contributed by atoms with E-state index in [0.29, 0.717) is 29.7 Å². The molecule has 1 aromatic carbocycles. The summed E-state index contributed by atoms with van der Waals surface area (Å²) in [6, 6.07) is 13.9. The first-order chi connectivity index (χ1) is 11.2. The van der Waals surface area contributed by atoms with Gasteiger partial charge in [-0.1, -0.05) is 35.9 Å². The minimum Gasteiger partial charge on any atom is -0.393 e. The molecule has 4 N–H and O–H groups in total. The molecule has 6 nitrogen and oxygen atoms in total. The molecule has 23 heavy (non-hydrogen) atoms. The zero-order valence-corrected chi connectivity index (χ0v) is 12.8. The molecule has 0 amide bonds. The van der Waals surface area contributed by atoms with E-state index in [1.54, 1.807) is 6.20 Å². The van der Waals surface area contributed by atoms with E-state index in [0.717, 1.165) is 5.56 Å². The second-order valence-corrected chi connectivity index (χ2v) is 5.16. The first kappa shape index (κ1) is 14.8. The van der Waals surface area contributed by atoms with Crippen molar-refractivity contribution in [1.82, 2.24) is 15.0 Å². The second-order valence-electron chi connectivity index (χ2n) is 5.16. The highest BCUT2D eigenvalue weighted by Gasteiger charge is 2.08. The number of pyridine rings is 1. The highest BCUT2D eigenvalue weighted by Crippen LogP contribution is 2.25. The third-order valence-corrected chi connectivity index (χ3v) is 3.38. The number of hydrogen-bond acceptors (Lipinski definition) is 6. The molecule has 0 saturated heterocycles. The minimum atomic E-state index is 0.463. The Bertz CT molecular complexity index is 771. The zero-order chi connectivity index (χ0) is 16.1. The molecule has 0 radical (unpaired) electrons. The number of nitrogen functional groups attached to an aromatic ring is 1. The molecule has 0 unspecified atom stereocenters. The van der Waals surface area contributed by atoms with Crippen LogP contribution in [0.1, 0.15) is 11.1 Å². The Morgan fingerprint density at radius 1 is 0.957 bits per heavy atom. The summed E-state index contributed by atoms with van der Waals surface area (Å²) in [7, 11) is 0. The summed E-state index contributed by atoms with van der Waals surface area (Å²) in [5.74, 6) is 1.81. The van der Waals surface area contributed by atoms with Crippen molar-refractivity contribution < 1.29 is 0 Å². The average molecular weight is 306 g/mol. The fourth-order valence-electron chi connectivity index (χ4n) is 2.09. The van der Waals surface area contributed by atoms with Gasteiger partial charge in [0.1, 0.15) is 17.8 Å². The molecule has 0 aliphatic carbocycles. The van der Waals surface area contributed by atoms with E-state index in [2.05, 4.69) is 56.8 Å².